The van der Waals surface area contributed by atoms with Gasteiger partial charge >= 0.3 is 0 Å². The van der Waals surface area contributed by atoms with Crippen LogP contribution in [0.1, 0.15) is 53.2 Å². The Labute approximate surface area is 379 Å². The van der Waals surface area contributed by atoms with E-state index < -0.39 is 0 Å². The molecule has 0 amide bonds. The average molecular weight is 848 g/mol. The van der Waals surface area contributed by atoms with E-state index >= 15 is 0 Å². The lowest BCUT2D eigenvalue weighted by Crippen LogP contribution is -2.18. The average Bonchev–Trinajstić information content (AvgIpc) is 4.07. The van der Waals surface area contributed by atoms with Gasteiger partial charge in [-0.15, -0.1) is 11.3 Å². The number of nitrogens with zero attached hydrogens (tertiary/aromatic N) is 3. The molecular weight excluding hydrogens is 807 g/mol. The number of rotatable bonds is 2. The highest BCUT2D eigenvalue weighted by atomic mass is 32.1. The highest BCUT2D eigenvalue weighted by molar-refractivity contribution is 7.21. The number of para-hydroxylation sites is 3. The van der Waals surface area contributed by atoms with Crippen LogP contribution in [0.15, 0.2) is 187 Å². The van der Waals surface area contributed by atoms with E-state index in [9.17, 15) is 0 Å². The molecule has 4 heteroatoms. The van der Waals surface area contributed by atoms with Gasteiger partial charge in [0.2, 0.25) is 0 Å². The first-order valence-corrected chi connectivity index (χ1v) is 23.9. The predicted molar refractivity (Wildman–Crippen MR) is 278 cm³/mol. The first-order chi connectivity index (χ1) is 32.2. The van der Waals surface area contributed by atoms with Gasteiger partial charge in [-0.05, 0) is 122 Å². The summed E-state index contributed by atoms with van der Waals surface area (Å²) in [5, 5.41) is 14.3. The van der Waals surface area contributed by atoms with E-state index in [0.717, 1.165) is 25.1 Å². The minimum atomic E-state index is -0.0115. The molecular formula is C61H41N3S. The number of aromatic nitrogens is 2. The van der Waals surface area contributed by atoms with E-state index in [-0.39, 0.29) is 11.8 Å². The Morgan fingerprint density at radius 2 is 1.17 bits per heavy atom. The summed E-state index contributed by atoms with van der Waals surface area (Å²) in [5.74, 6) is 1.28. The third kappa shape index (κ3) is 4.82. The third-order valence-electron chi connectivity index (χ3n) is 15.1. The number of hydrogen-bond acceptors (Lipinski definition) is 2. The van der Waals surface area contributed by atoms with Crippen LogP contribution >= 0.6 is 11.3 Å². The molecule has 65 heavy (non-hydrogen) atoms. The summed E-state index contributed by atoms with van der Waals surface area (Å²) in [4.78, 5) is 7.57. The van der Waals surface area contributed by atoms with Crippen LogP contribution in [-0.4, -0.2) is 14.7 Å². The van der Waals surface area contributed by atoms with Crippen molar-refractivity contribution in [1.82, 2.24) is 8.97 Å². The molecule has 0 saturated carbocycles. The summed E-state index contributed by atoms with van der Waals surface area (Å²) >= 11 is 1.95. The third-order valence-corrected chi connectivity index (χ3v) is 16.3. The van der Waals surface area contributed by atoms with Gasteiger partial charge in [-0.2, -0.15) is 0 Å². The molecule has 13 aromatic rings. The summed E-state index contributed by atoms with van der Waals surface area (Å²) in [6, 6.07) is 66.1. The molecule has 2 atom stereocenters. The van der Waals surface area contributed by atoms with Gasteiger partial charge in [0.25, 0.3) is 0 Å². The van der Waals surface area contributed by atoms with Crippen molar-refractivity contribution >= 4 is 114 Å². The summed E-state index contributed by atoms with van der Waals surface area (Å²) < 4.78 is 6.37. The van der Waals surface area contributed by atoms with Gasteiger partial charge in [0.1, 0.15) is 5.82 Å². The maximum Gasteiger partial charge on any atom is 0.133 e. The van der Waals surface area contributed by atoms with Gasteiger partial charge in [0.05, 0.1) is 38.2 Å². The quantitative estimate of drug-likeness (QED) is 0.165. The molecule has 0 spiro atoms. The van der Waals surface area contributed by atoms with Crippen molar-refractivity contribution in [2.75, 3.05) is 0 Å². The fourth-order valence-electron chi connectivity index (χ4n) is 12.4. The number of aryl methyl sites for hydroxylation is 1. The van der Waals surface area contributed by atoms with E-state index in [1.54, 1.807) is 0 Å². The van der Waals surface area contributed by atoms with Gasteiger partial charge in [-0.25, -0.2) is 4.99 Å². The zero-order valence-corrected chi connectivity index (χ0v) is 36.7. The molecule has 2 aliphatic rings. The SMILES string of the molecule is CC1C/C=C(\n2c3ccccc3c3c4ccccc4ccc32)N=C(C2CCc3ccc4ccccc4c3-c3cc4c5ccccc5n5c6ccccc6c(c32)c45)c2sc3ccccc3c21. The summed E-state index contributed by atoms with van der Waals surface area (Å²) in [7, 11) is 0. The molecule has 1 aliphatic carbocycles. The molecule has 2 unspecified atom stereocenters. The molecule has 306 valence electrons. The standard InChI is InChI=1S/C61H41N3S/c1-35-26-33-53(63-49-23-11-7-19-42(49)56-40-17-5-3-15-37(40)30-32-51(56)63)62-59(61-54(35)44-21-9-13-25-52(44)65-61)45-31-29-38-28-27-36-14-2-4-16-39(36)55(38)47-34-46-41-18-6-10-22-48(41)64-50-24-12-8-20-43(50)58(57(45)47)60(46)64/h2-25,27-28,30,32-35,45H,26,29,31H2,1H3/b53-33-,62-59?. The van der Waals surface area contributed by atoms with Crippen molar-refractivity contribution in [2.45, 2.75) is 38.0 Å². The zero-order chi connectivity index (χ0) is 42.5. The maximum absolute atomic E-state index is 6.23. The van der Waals surface area contributed by atoms with E-state index in [1.165, 1.54) is 130 Å². The lowest BCUT2D eigenvalue weighted by atomic mass is 9.80. The van der Waals surface area contributed by atoms with Crippen LogP contribution in [-0.2, 0) is 6.42 Å². The predicted octanol–water partition coefficient (Wildman–Crippen LogP) is 16.7. The molecule has 0 radical (unpaired) electrons. The Hall–Kier alpha value is -7.53. The van der Waals surface area contributed by atoms with Crippen molar-refractivity contribution in [1.29, 1.82) is 0 Å². The smallest absolute Gasteiger partial charge is 0.133 e. The normalized spacial score (nSPS) is 17.5. The minimum absolute atomic E-state index is 0.0115. The van der Waals surface area contributed by atoms with Crippen LogP contribution in [0.5, 0.6) is 0 Å². The van der Waals surface area contributed by atoms with Gasteiger partial charge < -0.3 is 4.40 Å². The Morgan fingerprint density at radius 1 is 0.538 bits per heavy atom. The highest BCUT2D eigenvalue weighted by Crippen LogP contribution is 2.53. The van der Waals surface area contributed by atoms with Crippen LogP contribution in [0.3, 0.4) is 0 Å². The molecule has 3 nitrogen and oxygen atoms in total. The van der Waals surface area contributed by atoms with Crippen molar-refractivity contribution in [2.24, 2.45) is 4.99 Å². The van der Waals surface area contributed by atoms with E-state index in [4.69, 9.17) is 4.99 Å². The molecule has 0 saturated heterocycles. The molecule has 15 rings (SSSR count). The van der Waals surface area contributed by atoms with Crippen molar-refractivity contribution in [3.05, 3.63) is 204 Å². The van der Waals surface area contributed by atoms with Gasteiger partial charge in [-0.1, -0.05) is 146 Å². The zero-order valence-electron chi connectivity index (χ0n) is 35.8. The molecule has 0 N–H and O–H groups in total. The second-order valence-corrected chi connectivity index (χ2v) is 19.5. The molecule has 4 aromatic heterocycles. The van der Waals surface area contributed by atoms with Crippen molar-refractivity contribution in [3.8, 4) is 11.1 Å². The van der Waals surface area contributed by atoms with Crippen LogP contribution in [0.4, 0.5) is 0 Å². The second kappa shape index (κ2) is 13.3. The molecule has 9 aromatic carbocycles. The maximum atomic E-state index is 6.23. The number of fused-ring (bicyclic) bond motifs is 20. The fraction of sp³-hybridized carbons (Fsp3) is 0.0984. The number of benzene rings is 9. The Morgan fingerprint density at radius 3 is 1.98 bits per heavy atom. The summed E-state index contributed by atoms with van der Waals surface area (Å²) in [5.41, 5.74) is 14.4. The Balaban J connectivity index is 1.11. The number of thiophene rings is 1. The summed E-state index contributed by atoms with van der Waals surface area (Å²) in [6.07, 6.45) is 5.22. The molecule has 0 fully saturated rings. The van der Waals surface area contributed by atoms with Crippen molar-refractivity contribution < 1.29 is 0 Å². The first-order valence-electron chi connectivity index (χ1n) is 23.1. The number of aliphatic imine (C=N–C) groups is 1. The lowest BCUT2D eigenvalue weighted by molar-refractivity contribution is 0.765. The number of allylic oxidation sites excluding steroid dienone is 1. The lowest BCUT2D eigenvalue weighted by Gasteiger charge is -2.26. The molecule has 0 bridgehead atoms. The van der Waals surface area contributed by atoms with Gasteiger partial charge in [-0.3, -0.25) is 4.57 Å². The van der Waals surface area contributed by atoms with Gasteiger partial charge in [0.15, 0.2) is 0 Å². The van der Waals surface area contributed by atoms with Crippen LogP contribution in [0, 0.1) is 0 Å². The van der Waals surface area contributed by atoms with Gasteiger partial charge in [0, 0.05) is 42.9 Å². The van der Waals surface area contributed by atoms with E-state index in [1.807, 2.05) is 11.3 Å². The highest BCUT2D eigenvalue weighted by Gasteiger charge is 2.36. The van der Waals surface area contributed by atoms with E-state index in [2.05, 4.69) is 198 Å². The Bertz CT molecular complexity index is 4250. The van der Waals surface area contributed by atoms with E-state index in [0.29, 0.717) is 0 Å². The molecule has 1 aliphatic heterocycles. The topological polar surface area (TPSA) is 21.7 Å². The first kappa shape index (κ1) is 35.9. The largest absolute Gasteiger partial charge is 0.308 e. The number of hydrogen-bond donors (Lipinski definition) is 0. The van der Waals surface area contributed by atoms with Crippen molar-refractivity contribution in [3.63, 3.8) is 0 Å². The Kier molecular flexibility index (Phi) is 7.32. The minimum Gasteiger partial charge on any atom is -0.308 e. The van der Waals surface area contributed by atoms with Crippen LogP contribution in [0.2, 0.25) is 0 Å². The fourth-order valence-corrected chi connectivity index (χ4v) is 13.8. The van der Waals surface area contributed by atoms with Crippen LogP contribution in [0.25, 0.3) is 108 Å². The monoisotopic (exact) mass is 847 g/mol. The summed E-state index contributed by atoms with van der Waals surface area (Å²) in [6.45, 7) is 2.44. The molecule has 5 heterocycles. The second-order valence-electron chi connectivity index (χ2n) is 18.5. The van der Waals surface area contributed by atoms with Crippen LogP contribution < -0.4 is 0 Å².